The molecule has 0 atom stereocenters. The van der Waals surface area contributed by atoms with Gasteiger partial charge in [0.25, 0.3) is 5.91 Å². The molecule has 1 aromatic carbocycles. The highest BCUT2D eigenvalue weighted by Crippen LogP contribution is 2.25. The molecular formula is C19H23N3O3. The summed E-state index contributed by atoms with van der Waals surface area (Å²) in [6, 6.07) is 10.7. The summed E-state index contributed by atoms with van der Waals surface area (Å²) in [5.74, 6) is 0.437. The highest BCUT2D eigenvalue weighted by atomic mass is 16.5. The van der Waals surface area contributed by atoms with Gasteiger partial charge in [0, 0.05) is 18.2 Å². The Morgan fingerprint density at radius 2 is 1.88 bits per heavy atom. The molecule has 0 aliphatic heterocycles. The Morgan fingerprint density at radius 1 is 1.12 bits per heavy atom. The molecule has 1 aliphatic rings. The van der Waals surface area contributed by atoms with Crippen LogP contribution in [0.15, 0.2) is 47.2 Å². The first-order valence-electron chi connectivity index (χ1n) is 8.77. The zero-order valence-corrected chi connectivity index (χ0v) is 14.2. The number of benzene rings is 1. The van der Waals surface area contributed by atoms with E-state index in [0.717, 1.165) is 12.8 Å². The summed E-state index contributed by atoms with van der Waals surface area (Å²) in [5, 5.41) is 6.33. The van der Waals surface area contributed by atoms with E-state index in [9.17, 15) is 9.59 Å². The number of nitrogens with zero attached hydrogens (tertiary/aromatic N) is 2. The number of rotatable bonds is 6. The predicted octanol–water partition coefficient (Wildman–Crippen LogP) is 3.34. The molecule has 1 aromatic heterocycles. The average Bonchev–Trinajstić information content (AvgIpc) is 3.15. The van der Waals surface area contributed by atoms with Crippen molar-refractivity contribution in [3.05, 3.63) is 48.2 Å². The molecule has 6 heteroatoms. The van der Waals surface area contributed by atoms with E-state index in [2.05, 4.69) is 10.5 Å². The molecular weight excluding hydrogens is 318 g/mol. The number of anilines is 1. The highest BCUT2D eigenvalue weighted by Gasteiger charge is 2.24. The van der Waals surface area contributed by atoms with E-state index >= 15 is 0 Å². The molecule has 1 saturated carbocycles. The summed E-state index contributed by atoms with van der Waals surface area (Å²) in [7, 11) is 0. The summed E-state index contributed by atoms with van der Waals surface area (Å²) >= 11 is 0. The van der Waals surface area contributed by atoms with E-state index in [4.69, 9.17) is 4.52 Å². The molecule has 6 nitrogen and oxygen atoms in total. The normalized spacial score (nSPS) is 14.9. The van der Waals surface area contributed by atoms with Crippen LogP contribution in [0, 0.1) is 5.92 Å². The lowest BCUT2D eigenvalue weighted by Crippen LogP contribution is -2.41. The molecule has 0 spiro atoms. The van der Waals surface area contributed by atoms with Gasteiger partial charge in [0.15, 0.2) is 5.82 Å². The smallest absolute Gasteiger partial charge is 0.254 e. The predicted molar refractivity (Wildman–Crippen MR) is 94.1 cm³/mol. The Morgan fingerprint density at radius 3 is 2.56 bits per heavy atom. The van der Waals surface area contributed by atoms with E-state index in [-0.39, 0.29) is 18.4 Å². The average molecular weight is 341 g/mol. The van der Waals surface area contributed by atoms with Gasteiger partial charge in [0.1, 0.15) is 12.8 Å². The minimum atomic E-state index is -0.269. The van der Waals surface area contributed by atoms with Gasteiger partial charge in [-0.2, -0.15) is 0 Å². The molecule has 2 aromatic rings. The summed E-state index contributed by atoms with van der Waals surface area (Å²) in [4.78, 5) is 26.8. The van der Waals surface area contributed by atoms with Crippen LogP contribution in [0.4, 0.5) is 5.82 Å². The third-order valence-corrected chi connectivity index (χ3v) is 4.55. The van der Waals surface area contributed by atoms with Gasteiger partial charge in [-0.05, 0) is 30.9 Å². The van der Waals surface area contributed by atoms with Gasteiger partial charge in [0.05, 0.1) is 0 Å². The summed E-state index contributed by atoms with van der Waals surface area (Å²) in [6.45, 7) is 0.622. The Bertz CT molecular complexity index is 679. The molecule has 25 heavy (non-hydrogen) atoms. The maximum atomic E-state index is 12.9. The molecule has 1 aliphatic carbocycles. The standard InChI is InChI=1S/C19H23N3O3/c23-18(20-17-11-12-25-21-17)14-22(13-15-7-3-1-4-8-15)19(24)16-9-5-2-6-10-16/h2,5-6,9-12,15H,1,3-4,7-8,13-14H2,(H,20,21,23). The largest absolute Gasteiger partial charge is 0.363 e. The number of hydrogen-bond donors (Lipinski definition) is 1. The van der Waals surface area contributed by atoms with E-state index in [1.54, 1.807) is 23.1 Å². The summed E-state index contributed by atoms with van der Waals surface area (Å²) < 4.78 is 4.71. The summed E-state index contributed by atoms with van der Waals surface area (Å²) in [5.41, 5.74) is 0.604. The molecule has 0 radical (unpaired) electrons. The second-order valence-electron chi connectivity index (χ2n) is 6.49. The van der Waals surface area contributed by atoms with Gasteiger partial charge in [-0.25, -0.2) is 0 Å². The number of hydrogen-bond acceptors (Lipinski definition) is 4. The van der Waals surface area contributed by atoms with Gasteiger partial charge in [0.2, 0.25) is 5.91 Å². The van der Waals surface area contributed by atoms with Crippen LogP contribution >= 0.6 is 0 Å². The van der Waals surface area contributed by atoms with Gasteiger partial charge < -0.3 is 14.7 Å². The Kier molecular flexibility index (Phi) is 5.82. The first kappa shape index (κ1) is 17.2. The molecule has 1 N–H and O–H groups in total. The zero-order chi connectivity index (χ0) is 17.5. The minimum absolute atomic E-state index is 0.0110. The number of nitrogens with one attached hydrogen (secondary N) is 1. The molecule has 2 amide bonds. The van der Waals surface area contributed by atoms with Gasteiger partial charge in [-0.1, -0.05) is 42.6 Å². The third kappa shape index (κ3) is 4.92. The lowest BCUT2D eigenvalue weighted by molar-refractivity contribution is -0.117. The van der Waals surface area contributed by atoms with Crippen molar-refractivity contribution in [3.63, 3.8) is 0 Å². The van der Waals surface area contributed by atoms with Crippen LogP contribution in [0.25, 0.3) is 0 Å². The van der Waals surface area contributed by atoms with Crippen LogP contribution in [-0.2, 0) is 4.79 Å². The van der Waals surface area contributed by atoms with Crippen molar-refractivity contribution >= 4 is 17.6 Å². The van der Waals surface area contributed by atoms with Crippen LogP contribution in [0.3, 0.4) is 0 Å². The fourth-order valence-corrected chi connectivity index (χ4v) is 3.30. The maximum absolute atomic E-state index is 12.9. The monoisotopic (exact) mass is 341 g/mol. The topological polar surface area (TPSA) is 75.4 Å². The minimum Gasteiger partial charge on any atom is -0.363 e. The maximum Gasteiger partial charge on any atom is 0.254 e. The second kappa shape index (κ2) is 8.46. The Hall–Kier alpha value is -2.63. The molecule has 0 bridgehead atoms. The molecule has 0 saturated heterocycles. The molecule has 3 rings (SSSR count). The van der Waals surface area contributed by atoms with Gasteiger partial charge >= 0.3 is 0 Å². The quantitative estimate of drug-likeness (QED) is 0.874. The van der Waals surface area contributed by atoms with E-state index in [1.165, 1.54) is 25.5 Å². The van der Waals surface area contributed by atoms with Crippen molar-refractivity contribution in [2.45, 2.75) is 32.1 Å². The third-order valence-electron chi connectivity index (χ3n) is 4.55. The van der Waals surface area contributed by atoms with E-state index in [0.29, 0.717) is 23.8 Å². The van der Waals surface area contributed by atoms with Crippen LogP contribution < -0.4 is 5.32 Å². The zero-order valence-electron chi connectivity index (χ0n) is 14.2. The number of aromatic nitrogens is 1. The van der Waals surface area contributed by atoms with Gasteiger partial charge in [-0.15, -0.1) is 0 Å². The van der Waals surface area contributed by atoms with Crippen LogP contribution in [0.5, 0.6) is 0 Å². The lowest BCUT2D eigenvalue weighted by Gasteiger charge is -2.29. The molecule has 1 heterocycles. The van der Waals surface area contributed by atoms with Crippen molar-refractivity contribution in [1.29, 1.82) is 0 Å². The van der Waals surface area contributed by atoms with Crippen molar-refractivity contribution in [1.82, 2.24) is 10.1 Å². The van der Waals surface area contributed by atoms with Crippen LogP contribution in [-0.4, -0.2) is 35.0 Å². The van der Waals surface area contributed by atoms with Crippen LogP contribution in [0.1, 0.15) is 42.5 Å². The van der Waals surface area contributed by atoms with E-state index in [1.807, 2.05) is 18.2 Å². The van der Waals surface area contributed by atoms with Crippen molar-refractivity contribution < 1.29 is 14.1 Å². The van der Waals surface area contributed by atoms with Crippen LogP contribution in [0.2, 0.25) is 0 Å². The summed E-state index contributed by atoms with van der Waals surface area (Å²) in [6.07, 6.45) is 7.28. The first-order valence-corrected chi connectivity index (χ1v) is 8.77. The SMILES string of the molecule is O=C(CN(CC1CCCCC1)C(=O)c1ccccc1)Nc1ccon1. The van der Waals surface area contributed by atoms with Gasteiger partial charge in [-0.3, -0.25) is 9.59 Å². The van der Waals surface area contributed by atoms with E-state index < -0.39 is 0 Å². The fourth-order valence-electron chi connectivity index (χ4n) is 3.30. The number of amides is 2. The number of carbonyl (C=O) groups excluding carboxylic acids is 2. The van der Waals surface area contributed by atoms with Crippen molar-refractivity contribution in [3.8, 4) is 0 Å². The molecule has 1 fully saturated rings. The van der Waals surface area contributed by atoms with Crippen molar-refractivity contribution in [2.75, 3.05) is 18.4 Å². The first-order chi connectivity index (χ1) is 12.2. The molecule has 132 valence electrons. The molecule has 0 unspecified atom stereocenters. The lowest BCUT2D eigenvalue weighted by atomic mass is 9.89. The highest BCUT2D eigenvalue weighted by molar-refractivity contribution is 5.99. The Labute approximate surface area is 147 Å². The van der Waals surface area contributed by atoms with Crippen molar-refractivity contribution in [2.24, 2.45) is 5.92 Å². The Balaban J connectivity index is 1.68. The fraction of sp³-hybridized carbons (Fsp3) is 0.421. The number of carbonyl (C=O) groups is 2. The second-order valence-corrected chi connectivity index (χ2v) is 6.49.